The molecule has 5 nitrogen and oxygen atoms in total. The summed E-state index contributed by atoms with van der Waals surface area (Å²) in [6.45, 7) is 3.71. The van der Waals surface area contributed by atoms with Gasteiger partial charge in [0.25, 0.3) is 0 Å². The molecule has 24 heavy (non-hydrogen) atoms. The number of carbonyl (C=O) groups is 1. The standard InChI is InChI=1S/C16H12Cl3N3O2/c1-7-5-13-20-12(8(2)22(13)21-15(7)19)6-10-11(17)4-3-9(14(10)18)16(23)24/h3-5H,6H2,1-2H3,(H,23,24). The fraction of sp³-hybridized carbons (Fsp3) is 0.188. The molecule has 0 unspecified atom stereocenters. The van der Waals surface area contributed by atoms with E-state index in [0.717, 1.165) is 11.3 Å². The summed E-state index contributed by atoms with van der Waals surface area (Å²) in [5, 5.41) is 14.4. The average molecular weight is 385 g/mol. The molecule has 8 heteroatoms. The Morgan fingerprint density at radius 3 is 2.62 bits per heavy atom. The molecule has 0 aliphatic rings. The number of aromatic nitrogens is 3. The Balaban J connectivity index is 2.12. The predicted molar refractivity (Wildman–Crippen MR) is 93.7 cm³/mol. The molecule has 2 heterocycles. The summed E-state index contributed by atoms with van der Waals surface area (Å²) in [4.78, 5) is 15.8. The summed E-state index contributed by atoms with van der Waals surface area (Å²) in [6.07, 6.45) is 0.296. The fourth-order valence-electron chi connectivity index (χ4n) is 2.46. The van der Waals surface area contributed by atoms with Crippen LogP contribution < -0.4 is 0 Å². The number of benzene rings is 1. The number of carboxylic acid groups (broad SMARTS) is 1. The van der Waals surface area contributed by atoms with E-state index in [2.05, 4.69) is 10.1 Å². The summed E-state index contributed by atoms with van der Waals surface area (Å²) in [5.74, 6) is -1.10. The van der Waals surface area contributed by atoms with Gasteiger partial charge in [0.05, 0.1) is 22.0 Å². The van der Waals surface area contributed by atoms with Gasteiger partial charge in [-0.25, -0.2) is 14.3 Å². The molecule has 0 amide bonds. The maximum atomic E-state index is 11.2. The van der Waals surface area contributed by atoms with Crippen molar-refractivity contribution in [3.63, 3.8) is 0 Å². The molecule has 0 bridgehead atoms. The van der Waals surface area contributed by atoms with Crippen LogP contribution in [0.1, 0.15) is 32.9 Å². The first-order valence-corrected chi connectivity index (χ1v) is 8.14. The van der Waals surface area contributed by atoms with Gasteiger partial charge in [0.2, 0.25) is 0 Å². The van der Waals surface area contributed by atoms with E-state index in [9.17, 15) is 9.90 Å². The second kappa shape index (κ2) is 6.24. The van der Waals surface area contributed by atoms with Gasteiger partial charge in [-0.3, -0.25) is 0 Å². The van der Waals surface area contributed by atoms with Crippen molar-refractivity contribution in [2.45, 2.75) is 20.3 Å². The third-order valence-corrected chi connectivity index (χ3v) is 4.98. The quantitative estimate of drug-likeness (QED) is 0.717. The number of halogens is 3. The van der Waals surface area contributed by atoms with Crippen molar-refractivity contribution in [1.29, 1.82) is 0 Å². The molecule has 1 N–H and O–H groups in total. The SMILES string of the molecule is Cc1cc2nc(Cc3c(Cl)ccc(C(=O)O)c3Cl)c(C)n2nc1Cl. The summed E-state index contributed by atoms with van der Waals surface area (Å²) >= 11 is 18.5. The molecular formula is C16H12Cl3N3O2. The minimum absolute atomic E-state index is 0.00879. The van der Waals surface area contributed by atoms with Crippen molar-refractivity contribution in [2.24, 2.45) is 0 Å². The summed E-state index contributed by atoms with van der Waals surface area (Å²) in [7, 11) is 0. The number of fused-ring (bicyclic) bond motifs is 1. The van der Waals surface area contributed by atoms with Crippen LogP contribution in [0.15, 0.2) is 18.2 Å². The molecule has 0 saturated carbocycles. The first-order valence-electron chi connectivity index (χ1n) is 7.01. The van der Waals surface area contributed by atoms with Crippen molar-refractivity contribution in [3.8, 4) is 0 Å². The molecule has 3 rings (SSSR count). The highest BCUT2D eigenvalue weighted by molar-refractivity contribution is 6.38. The Bertz CT molecular complexity index is 983. The van der Waals surface area contributed by atoms with Crippen LogP contribution in [0.3, 0.4) is 0 Å². The zero-order chi connectivity index (χ0) is 17.6. The molecule has 0 atom stereocenters. The zero-order valence-corrected chi connectivity index (χ0v) is 15.0. The average Bonchev–Trinajstić information content (AvgIpc) is 2.80. The summed E-state index contributed by atoms with van der Waals surface area (Å²) < 4.78 is 1.65. The molecule has 0 radical (unpaired) electrons. The van der Waals surface area contributed by atoms with Crippen LogP contribution in [0, 0.1) is 13.8 Å². The Morgan fingerprint density at radius 1 is 1.25 bits per heavy atom. The van der Waals surface area contributed by atoms with E-state index >= 15 is 0 Å². The van der Waals surface area contributed by atoms with E-state index in [0.29, 0.717) is 33.5 Å². The number of hydrogen-bond acceptors (Lipinski definition) is 3. The first-order chi connectivity index (χ1) is 11.3. The Hall–Kier alpha value is -1.82. The summed E-state index contributed by atoms with van der Waals surface area (Å²) in [6, 6.07) is 4.75. The van der Waals surface area contributed by atoms with Gasteiger partial charge in [-0.2, -0.15) is 5.10 Å². The second-order valence-corrected chi connectivity index (χ2v) is 6.54. The Kier molecular flexibility index (Phi) is 4.42. The second-order valence-electron chi connectivity index (χ2n) is 5.40. The first kappa shape index (κ1) is 17.0. The van der Waals surface area contributed by atoms with Gasteiger partial charge in [0, 0.05) is 11.4 Å². The smallest absolute Gasteiger partial charge is 0.337 e. The highest BCUT2D eigenvalue weighted by Gasteiger charge is 2.19. The van der Waals surface area contributed by atoms with Crippen molar-refractivity contribution in [3.05, 3.63) is 61.5 Å². The minimum Gasteiger partial charge on any atom is -0.478 e. The number of carboxylic acids is 1. The van der Waals surface area contributed by atoms with Gasteiger partial charge < -0.3 is 5.11 Å². The lowest BCUT2D eigenvalue weighted by molar-refractivity contribution is 0.0697. The molecule has 0 saturated heterocycles. The third-order valence-electron chi connectivity index (χ3n) is 3.82. The van der Waals surface area contributed by atoms with Crippen LogP contribution in [-0.2, 0) is 6.42 Å². The fourth-order valence-corrected chi connectivity index (χ4v) is 3.18. The number of hydrogen-bond donors (Lipinski definition) is 1. The van der Waals surface area contributed by atoms with Gasteiger partial charge in [-0.1, -0.05) is 34.8 Å². The maximum absolute atomic E-state index is 11.2. The molecule has 0 fully saturated rings. The lowest BCUT2D eigenvalue weighted by atomic mass is 10.1. The molecule has 1 aromatic carbocycles. The zero-order valence-electron chi connectivity index (χ0n) is 12.8. The van der Waals surface area contributed by atoms with E-state index in [1.54, 1.807) is 4.52 Å². The van der Waals surface area contributed by atoms with Gasteiger partial charge in [-0.05, 0) is 43.2 Å². The highest BCUT2D eigenvalue weighted by Crippen LogP contribution is 2.31. The van der Waals surface area contributed by atoms with Gasteiger partial charge in [0.1, 0.15) is 0 Å². The van der Waals surface area contributed by atoms with Gasteiger partial charge in [-0.15, -0.1) is 0 Å². The highest BCUT2D eigenvalue weighted by atomic mass is 35.5. The van der Waals surface area contributed by atoms with Gasteiger partial charge in [0.15, 0.2) is 10.8 Å². The number of rotatable bonds is 3. The van der Waals surface area contributed by atoms with E-state index in [4.69, 9.17) is 34.8 Å². The lowest BCUT2D eigenvalue weighted by Crippen LogP contribution is -2.02. The van der Waals surface area contributed by atoms with Crippen LogP contribution in [0.4, 0.5) is 0 Å². The van der Waals surface area contributed by atoms with Crippen LogP contribution in [0.2, 0.25) is 15.2 Å². The molecule has 0 spiro atoms. The third kappa shape index (κ3) is 2.83. The van der Waals surface area contributed by atoms with E-state index in [1.165, 1.54) is 12.1 Å². The van der Waals surface area contributed by atoms with Gasteiger partial charge >= 0.3 is 5.97 Å². The molecule has 3 aromatic rings. The van der Waals surface area contributed by atoms with E-state index in [1.807, 2.05) is 19.9 Å². The Morgan fingerprint density at radius 2 is 1.96 bits per heavy atom. The van der Waals surface area contributed by atoms with Crippen LogP contribution in [-0.4, -0.2) is 25.7 Å². The number of nitrogens with zero attached hydrogens (tertiary/aromatic N) is 3. The lowest BCUT2D eigenvalue weighted by Gasteiger charge is -2.08. The maximum Gasteiger partial charge on any atom is 0.337 e. The van der Waals surface area contributed by atoms with Crippen molar-refractivity contribution < 1.29 is 9.90 Å². The molecule has 0 aliphatic heterocycles. The van der Waals surface area contributed by atoms with Crippen molar-refractivity contribution >= 4 is 46.4 Å². The minimum atomic E-state index is -1.10. The molecule has 2 aromatic heterocycles. The van der Waals surface area contributed by atoms with E-state index in [-0.39, 0.29) is 10.6 Å². The largest absolute Gasteiger partial charge is 0.478 e. The normalized spacial score (nSPS) is 11.2. The van der Waals surface area contributed by atoms with Crippen molar-refractivity contribution in [2.75, 3.05) is 0 Å². The predicted octanol–water partition coefficient (Wildman–Crippen LogP) is 4.60. The summed E-state index contributed by atoms with van der Waals surface area (Å²) in [5.41, 5.74) is 3.51. The topological polar surface area (TPSA) is 67.5 Å². The van der Waals surface area contributed by atoms with Crippen LogP contribution in [0.25, 0.3) is 5.65 Å². The number of aromatic carboxylic acids is 1. The number of aryl methyl sites for hydroxylation is 2. The molecule has 0 aliphatic carbocycles. The number of imidazole rings is 1. The van der Waals surface area contributed by atoms with E-state index < -0.39 is 5.97 Å². The molecule has 124 valence electrons. The molecular weight excluding hydrogens is 373 g/mol. The van der Waals surface area contributed by atoms with Crippen LogP contribution >= 0.6 is 34.8 Å². The monoisotopic (exact) mass is 383 g/mol. The van der Waals surface area contributed by atoms with Crippen LogP contribution in [0.5, 0.6) is 0 Å². The van der Waals surface area contributed by atoms with Crippen molar-refractivity contribution in [1.82, 2.24) is 14.6 Å². The Labute approximate surface area is 152 Å².